The van der Waals surface area contributed by atoms with Crippen LogP contribution in [0.25, 0.3) is 0 Å². The van der Waals surface area contributed by atoms with Crippen molar-refractivity contribution in [1.29, 1.82) is 0 Å². The van der Waals surface area contributed by atoms with Crippen LogP contribution in [0.5, 0.6) is 0 Å². The Labute approximate surface area is 145 Å². The van der Waals surface area contributed by atoms with Crippen molar-refractivity contribution in [2.75, 3.05) is 5.88 Å². The number of alkyl halides is 1. The number of rotatable bonds is 10. The predicted molar refractivity (Wildman–Crippen MR) is 96.6 cm³/mol. The molecule has 128 valence electrons. The Bertz CT molecular complexity index is 504. The van der Waals surface area contributed by atoms with Gasteiger partial charge in [-0.1, -0.05) is 50.8 Å². The van der Waals surface area contributed by atoms with E-state index in [2.05, 4.69) is 35.8 Å². The third-order valence-electron chi connectivity index (χ3n) is 4.46. The number of hydrogen-bond acceptors (Lipinski definition) is 2. The summed E-state index contributed by atoms with van der Waals surface area (Å²) in [4.78, 5) is 12.0. The van der Waals surface area contributed by atoms with Gasteiger partial charge in [-0.2, -0.15) is 0 Å². The van der Waals surface area contributed by atoms with Crippen LogP contribution in [0, 0.1) is 0 Å². The van der Waals surface area contributed by atoms with E-state index in [1.54, 1.807) is 0 Å². The molecule has 1 amide bonds. The van der Waals surface area contributed by atoms with Gasteiger partial charge in [0.15, 0.2) is 0 Å². The van der Waals surface area contributed by atoms with Gasteiger partial charge in [-0.15, -0.1) is 11.6 Å². The first-order valence-corrected chi connectivity index (χ1v) is 9.49. The molecular weight excluding hydrogens is 308 g/mol. The molecule has 2 rings (SSSR count). The van der Waals surface area contributed by atoms with Gasteiger partial charge in [0.25, 0.3) is 0 Å². The second-order valence-electron chi connectivity index (χ2n) is 6.33. The number of carbonyl (C=O) groups excluding carboxylic acids is 1. The maximum Gasteiger partial charge on any atom is 0.221 e. The van der Waals surface area contributed by atoms with Crippen molar-refractivity contribution in [3.8, 4) is 0 Å². The normalized spacial score (nSPS) is 16.3. The van der Waals surface area contributed by atoms with E-state index in [1.807, 2.05) is 0 Å². The zero-order chi connectivity index (χ0) is 16.5. The highest BCUT2D eigenvalue weighted by molar-refractivity contribution is 6.17. The lowest BCUT2D eigenvalue weighted by Gasteiger charge is -2.18. The Kier molecular flexibility index (Phi) is 7.90. The average Bonchev–Trinajstić information content (AvgIpc) is 2.96. The number of fused-ring (bicyclic) bond motifs is 1. The monoisotopic (exact) mass is 336 g/mol. The van der Waals surface area contributed by atoms with Gasteiger partial charge in [-0.3, -0.25) is 10.1 Å². The van der Waals surface area contributed by atoms with Crippen LogP contribution in [0.4, 0.5) is 0 Å². The third kappa shape index (κ3) is 5.50. The zero-order valence-electron chi connectivity index (χ0n) is 14.2. The minimum Gasteiger partial charge on any atom is -0.337 e. The first kappa shape index (κ1) is 18.3. The van der Waals surface area contributed by atoms with Crippen molar-refractivity contribution in [3.63, 3.8) is 0 Å². The third-order valence-corrected chi connectivity index (χ3v) is 4.73. The molecule has 1 heterocycles. The number of unbranched alkanes of at least 4 members (excludes halogenated alkanes) is 4. The van der Waals surface area contributed by atoms with Crippen LogP contribution in [-0.4, -0.2) is 11.8 Å². The van der Waals surface area contributed by atoms with Crippen molar-refractivity contribution < 1.29 is 4.79 Å². The van der Waals surface area contributed by atoms with Gasteiger partial charge in [0, 0.05) is 18.8 Å². The summed E-state index contributed by atoms with van der Waals surface area (Å²) < 4.78 is 0. The Balaban J connectivity index is 1.95. The molecule has 1 aliphatic rings. The molecule has 4 heteroatoms. The summed E-state index contributed by atoms with van der Waals surface area (Å²) in [7, 11) is 0. The summed E-state index contributed by atoms with van der Waals surface area (Å²) in [5, 5.41) is 6.53. The Morgan fingerprint density at radius 3 is 2.87 bits per heavy atom. The fourth-order valence-electron chi connectivity index (χ4n) is 3.23. The second kappa shape index (κ2) is 9.94. The van der Waals surface area contributed by atoms with Gasteiger partial charge in [0.05, 0.1) is 0 Å². The van der Waals surface area contributed by atoms with Crippen molar-refractivity contribution in [3.05, 3.63) is 34.9 Å². The van der Waals surface area contributed by atoms with Gasteiger partial charge >= 0.3 is 0 Å². The standard InChI is InChI=1S/C19H29ClN2O/c1-2-3-4-5-6-9-15-10-7-11-16-14-21-19(18(15)16)22-17(23)12-8-13-20/h7,10-11,19,21H,2-6,8-9,12-14H2,1H3,(H,22,23). The van der Waals surface area contributed by atoms with Gasteiger partial charge < -0.3 is 5.32 Å². The highest BCUT2D eigenvalue weighted by Crippen LogP contribution is 2.28. The van der Waals surface area contributed by atoms with Gasteiger partial charge in [0.1, 0.15) is 6.17 Å². The van der Waals surface area contributed by atoms with Crippen LogP contribution < -0.4 is 10.6 Å². The summed E-state index contributed by atoms with van der Waals surface area (Å²) in [5.41, 5.74) is 3.99. The molecular formula is C19H29ClN2O. The number of nitrogens with one attached hydrogen (secondary N) is 2. The number of halogens is 1. The number of carbonyl (C=O) groups is 1. The molecule has 0 bridgehead atoms. The fourth-order valence-corrected chi connectivity index (χ4v) is 3.36. The molecule has 0 saturated carbocycles. The molecule has 1 aromatic carbocycles. The molecule has 2 N–H and O–H groups in total. The molecule has 0 saturated heterocycles. The Morgan fingerprint density at radius 1 is 1.26 bits per heavy atom. The summed E-state index contributed by atoms with van der Waals surface area (Å²) in [6.45, 7) is 3.08. The first-order chi connectivity index (χ1) is 11.3. The van der Waals surface area contributed by atoms with E-state index in [9.17, 15) is 4.79 Å². The molecule has 3 nitrogen and oxygen atoms in total. The summed E-state index contributed by atoms with van der Waals surface area (Å²) in [5.74, 6) is 0.610. The van der Waals surface area contributed by atoms with Crippen molar-refractivity contribution >= 4 is 17.5 Å². The lowest BCUT2D eigenvalue weighted by atomic mass is 9.96. The molecule has 0 spiro atoms. The summed E-state index contributed by atoms with van der Waals surface area (Å²) in [6.07, 6.45) is 8.72. The van der Waals surface area contributed by atoms with Crippen molar-refractivity contribution in [2.45, 2.75) is 71.0 Å². The Morgan fingerprint density at radius 2 is 2.09 bits per heavy atom. The highest BCUT2D eigenvalue weighted by atomic mass is 35.5. The van der Waals surface area contributed by atoms with Gasteiger partial charge in [0.2, 0.25) is 5.91 Å². The number of aryl methyl sites for hydroxylation is 1. The van der Waals surface area contributed by atoms with E-state index >= 15 is 0 Å². The van der Waals surface area contributed by atoms with Crippen LogP contribution in [-0.2, 0) is 17.8 Å². The Hall–Kier alpha value is -1.06. The quantitative estimate of drug-likeness (QED) is 0.490. The second-order valence-corrected chi connectivity index (χ2v) is 6.71. The minimum absolute atomic E-state index is 0.0420. The lowest BCUT2D eigenvalue weighted by molar-refractivity contribution is -0.122. The number of hydrogen-bond donors (Lipinski definition) is 2. The van der Waals surface area contributed by atoms with E-state index in [1.165, 1.54) is 48.8 Å². The van der Waals surface area contributed by atoms with E-state index < -0.39 is 0 Å². The van der Waals surface area contributed by atoms with Crippen molar-refractivity contribution in [2.24, 2.45) is 0 Å². The molecule has 0 radical (unpaired) electrons. The largest absolute Gasteiger partial charge is 0.337 e. The highest BCUT2D eigenvalue weighted by Gasteiger charge is 2.25. The maximum atomic E-state index is 12.0. The van der Waals surface area contributed by atoms with Crippen LogP contribution >= 0.6 is 11.6 Å². The topological polar surface area (TPSA) is 41.1 Å². The van der Waals surface area contributed by atoms with Crippen LogP contribution in [0.2, 0.25) is 0 Å². The molecule has 1 aliphatic heterocycles. The molecule has 0 aliphatic carbocycles. The minimum atomic E-state index is -0.0420. The summed E-state index contributed by atoms with van der Waals surface area (Å²) in [6, 6.07) is 6.51. The van der Waals surface area contributed by atoms with Crippen LogP contribution in [0.1, 0.15) is 74.7 Å². The van der Waals surface area contributed by atoms with Crippen LogP contribution in [0.15, 0.2) is 18.2 Å². The van der Waals surface area contributed by atoms with Gasteiger partial charge in [-0.25, -0.2) is 0 Å². The number of amides is 1. The van der Waals surface area contributed by atoms with Crippen molar-refractivity contribution in [1.82, 2.24) is 10.6 Å². The molecule has 0 aromatic heterocycles. The molecule has 1 atom stereocenters. The van der Waals surface area contributed by atoms with Gasteiger partial charge in [-0.05, 0) is 36.0 Å². The average molecular weight is 337 g/mol. The fraction of sp³-hybridized carbons (Fsp3) is 0.632. The number of benzene rings is 1. The molecule has 1 unspecified atom stereocenters. The smallest absolute Gasteiger partial charge is 0.221 e. The van der Waals surface area contributed by atoms with Crippen LogP contribution in [0.3, 0.4) is 0 Å². The zero-order valence-corrected chi connectivity index (χ0v) is 14.9. The summed E-state index contributed by atoms with van der Waals surface area (Å²) >= 11 is 5.67. The molecule has 23 heavy (non-hydrogen) atoms. The SMILES string of the molecule is CCCCCCCc1cccc2c1C(NC(=O)CCCCl)NC2. The first-order valence-electron chi connectivity index (χ1n) is 8.95. The molecule has 1 aromatic rings. The van der Waals surface area contributed by atoms with E-state index in [0.717, 1.165) is 19.4 Å². The maximum absolute atomic E-state index is 12.0. The van der Waals surface area contributed by atoms with E-state index in [0.29, 0.717) is 12.3 Å². The molecule has 0 fully saturated rings. The van der Waals surface area contributed by atoms with E-state index in [4.69, 9.17) is 11.6 Å². The lowest BCUT2D eigenvalue weighted by Crippen LogP contribution is -2.34. The van der Waals surface area contributed by atoms with E-state index in [-0.39, 0.29) is 12.1 Å². The predicted octanol–water partition coefficient (Wildman–Crippen LogP) is 4.44.